The largest absolute Gasteiger partial charge is 0.423 e. The molecule has 1 aliphatic rings. The molecule has 0 amide bonds. The fourth-order valence-corrected chi connectivity index (χ4v) is 4.15. The molecule has 0 aliphatic carbocycles. The minimum Gasteiger partial charge on any atom is -0.423 e. The molecule has 4 heterocycles. The van der Waals surface area contributed by atoms with Crippen molar-refractivity contribution in [3.63, 3.8) is 0 Å². The first kappa shape index (κ1) is 14.6. The van der Waals surface area contributed by atoms with Gasteiger partial charge in [-0.05, 0) is 43.6 Å². The van der Waals surface area contributed by atoms with Gasteiger partial charge in [-0.25, -0.2) is 9.55 Å². The molecular formula is C24H23BN3O+. The van der Waals surface area contributed by atoms with Crippen molar-refractivity contribution in [3.05, 3.63) is 77.5 Å². The lowest BCUT2D eigenvalue weighted by Gasteiger charge is -2.24. The molecule has 1 aliphatic heterocycles. The summed E-state index contributed by atoms with van der Waals surface area (Å²) in [7, 11) is 4.03. The molecule has 0 atom stereocenters. The molecule has 3 aromatic heterocycles. The zero-order valence-electron chi connectivity index (χ0n) is 19.7. The molecule has 29 heavy (non-hydrogen) atoms. The Balaban J connectivity index is 1.60. The van der Waals surface area contributed by atoms with E-state index in [1.54, 1.807) is 6.07 Å². The molecule has 4 aromatic rings. The third-order valence-corrected chi connectivity index (χ3v) is 5.66. The van der Waals surface area contributed by atoms with Crippen LogP contribution >= 0.6 is 0 Å². The molecule has 0 fully saturated rings. The number of hydrogen-bond donors (Lipinski definition) is 0. The standard InChI is InChI=1S/C24H23BN3O/c1-16-14-17(2)26-23-22(16)20-10-12-25(28(4)24(20)29-23)21-15-19(11-13-27(21)3)18-8-6-5-7-9-18/h5-15H,1-4H3/q+1/i2D3. The maximum atomic E-state index is 7.71. The van der Waals surface area contributed by atoms with Crippen LogP contribution in [0.4, 0.5) is 5.88 Å². The average Bonchev–Trinajstić information content (AvgIpc) is 3.15. The molecule has 1 aromatic carbocycles. The number of rotatable bonds is 2. The molecule has 0 radical (unpaired) electrons. The van der Waals surface area contributed by atoms with E-state index in [1.165, 1.54) is 5.56 Å². The van der Waals surface area contributed by atoms with Crippen LogP contribution in [0.3, 0.4) is 0 Å². The quantitative estimate of drug-likeness (QED) is 0.390. The van der Waals surface area contributed by atoms with Crippen molar-refractivity contribution in [1.82, 2.24) is 4.98 Å². The van der Waals surface area contributed by atoms with E-state index in [2.05, 4.69) is 56.9 Å². The summed E-state index contributed by atoms with van der Waals surface area (Å²) in [6.45, 7) is -0.417. The average molecular weight is 383 g/mol. The van der Waals surface area contributed by atoms with Crippen molar-refractivity contribution >= 4 is 35.5 Å². The summed E-state index contributed by atoms with van der Waals surface area (Å²) in [4.78, 5) is 6.40. The molecule has 5 heteroatoms. The number of furan rings is 1. The Morgan fingerprint density at radius 2 is 1.97 bits per heavy atom. The Labute approximate surface area is 175 Å². The number of pyridine rings is 2. The predicted octanol–water partition coefficient (Wildman–Crippen LogP) is 3.84. The second-order valence-electron chi connectivity index (χ2n) is 7.56. The third-order valence-electron chi connectivity index (χ3n) is 5.66. The van der Waals surface area contributed by atoms with E-state index >= 15 is 0 Å². The van der Waals surface area contributed by atoms with E-state index in [1.807, 2.05) is 39.2 Å². The number of aryl methyl sites for hydroxylation is 3. The summed E-state index contributed by atoms with van der Waals surface area (Å²) in [5.41, 5.74) is 5.62. The number of anilines is 1. The first-order valence-electron chi connectivity index (χ1n) is 11.1. The Morgan fingerprint density at radius 1 is 1.14 bits per heavy atom. The van der Waals surface area contributed by atoms with E-state index in [-0.39, 0.29) is 12.5 Å². The highest BCUT2D eigenvalue weighted by Crippen LogP contribution is 2.37. The van der Waals surface area contributed by atoms with E-state index in [4.69, 9.17) is 8.53 Å². The molecule has 0 spiro atoms. The fourth-order valence-electron chi connectivity index (χ4n) is 4.15. The minimum atomic E-state index is -2.28. The topological polar surface area (TPSA) is 33.2 Å². The van der Waals surface area contributed by atoms with Gasteiger partial charge in [0, 0.05) is 27.5 Å². The van der Waals surface area contributed by atoms with Crippen LogP contribution in [0.1, 0.15) is 20.9 Å². The Bertz CT molecular complexity index is 1360. The molecule has 5 rings (SSSR count). The van der Waals surface area contributed by atoms with E-state index < -0.39 is 6.85 Å². The summed E-state index contributed by atoms with van der Waals surface area (Å²) < 4.78 is 31.4. The highest BCUT2D eigenvalue weighted by molar-refractivity contribution is 6.80. The highest BCUT2D eigenvalue weighted by Gasteiger charge is 2.35. The van der Waals surface area contributed by atoms with Gasteiger partial charge in [0.15, 0.2) is 17.7 Å². The van der Waals surface area contributed by atoms with Gasteiger partial charge in [-0.1, -0.05) is 42.4 Å². The number of aromatic nitrogens is 2. The summed E-state index contributed by atoms with van der Waals surface area (Å²) in [6.07, 6.45) is 4.13. The van der Waals surface area contributed by atoms with Gasteiger partial charge >= 0.3 is 6.85 Å². The van der Waals surface area contributed by atoms with Gasteiger partial charge in [-0.15, -0.1) is 0 Å². The number of benzene rings is 1. The van der Waals surface area contributed by atoms with Crippen molar-refractivity contribution < 1.29 is 13.1 Å². The summed E-state index contributed by atoms with van der Waals surface area (Å²) in [5, 5.41) is 0.858. The van der Waals surface area contributed by atoms with Crippen molar-refractivity contribution in [3.8, 4) is 11.1 Å². The number of nitrogens with zero attached hydrogens (tertiary/aromatic N) is 3. The molecule has 0 N–H and O–H groups in total. The van der Waals surface area contributed by atoms with Crippen molar-refractivity contribution in [2.75, 3.05) is 11.9 Å². The van der Waals surface area contributed by atoms with Crippen molar-refractivity contribution in [2.45, 2.75) is 13.8 Å². The minimum absolute atomic E-state index is 0.0425. The maximum absolute atomic E-state index is 7.71. The monoisotopic (exact) mass is 383 g/mol. The second kappa shape index (κ2) is 6.62. The molecule has 0 unspecified atom stereocenters. The van der Waals surface area contributed by atoms with Crippen LogP contribution in [0.5, 0.6) is 0 Å². The van der Waals surface area contributed by atoms with Crippen LogP contribution in [0, 0.1) is 13.8 Å². The van der Waals surface area contributed by atoms with E-state index in [0.717, 1.165) is 27.7 Å². The van der Waals surface area contributed by atoms with Crippen molar-refractivity contribution in [1.29, 1.82) is 0 Å². The Morgan fingerprint density at radius 3 is 2.76 bits per heavy atom. The molecule has 142 valence electrons. The summed E-state index contributed by atoms with van der Waals surface area (Å²) in [5.74, 6) is 2.84. The van der Waals surface area contributed by atoms with Gasteiger partial charge in [0.1, 0.15) is 7.05 Å². The lowest BCUT2D eigenvalue weighted by molar-refractivity contribution is -0.654. The normalized spacial score (nSPS) is 15.2. The van der Waals surface area contributed by atoms with E-state index in [9.17, 15) is 0 Å². The lowest BCUT2D eigenvalue weighted by atomic mass is 9.55. The van der Waals surface area contributed by atoms with Gasteiger partial charge in [-0.3, -0.25) is 0 Å². The van der Waals surface area contributed by atoms with Gasteiger partial charge in [-0.2, -0.15) is 0 Å². The lowest BCUT2D eigenvalue weighted by Crippen LogP contribution is -2.60. The number of fused-ring (bicyclic) bond motifs is 3. The predicted molar refractivity (Wildman–Crippen MR) is 119 cm³/mol. The van der Waals surface area contributed by atoms with Crippen LogP contribution in [0.2, 0.25) is 0 Å². The molecular weight excluding hydrogens is 357 g/mol. The van der Waals surface area contributed by atoms with Gasteiger partial charge in [0.2, 0.25) is 5.71 Å². The summed E-state index contributed by atoms with van der Waals surface area (Å²) >= 11 is 0. The SMILES string of the molecule is [2H]C([2H])([2H])c1cc(C)c2c3c(oc2n1)N(C)B(c1cc(-c2ccccc2)cc[n+]1C)C=C3. The molecule has 0 saturated carbocycles. The van der Waals surface area contributed by atoms with Gasteiger partial charge < -0.3 is 9.23 Å². The van der Waals surface area contributed by atoms with Crippen molar-refractivity contribution in [2.24, 2.45) is 7.05 Å². The van der Waals surface area contributed by atoms with Crippen LogP contribution in [0.15, 0.2) is 65.1 Å². The Hall–Kier alpha value is -3.34. The van der Waals surface area contributed by atoms with Crippen LogP contribution < -0.4 is 15.0 Å². The zero-order valence-corrected chi connectivity index (χ0v) is 16.7. The van der Waals surface area contributed by atoms with Crippen LogP contribution in [-0.2, 0) is 7.05 Å². The molecule has 0 bridgehead atoms. The zero-order chi connectivity index (χ0) is 22.6. The first-order valence-corrected chi connectivity index (χ1v) is 9.64. The second-order valence-corrected chi connectivity index (χ2v) is 7.56. The maximum Gasteiger partial charge on any atom is 0.398 e. The third kappa shape index (κ3) is 2.85. The number of hydrogen-bond acceptors (Lipinski definition) is 3. The van der Waals surface area contributed by atoms with Gasteiger partial charge in [0.05, 0.1) is 5.39 Å². The fraction of sp³-hybridized carbons (Fsp3) is 0.167. The van der Waals surface area contributed by atoms with E-state index in [0.29, 0.717) is 11.6 Å². The molecule has 0 saturated heterocycles. The molecule has 4 nitrogen and oxygen atoms in total. The van der Waals surface area contributed by atoms with Crippen LogP contribution in [-0.4, -0.2) is 18.9 Å². The van der Waals surface area contributed by atoms with Crippen LogP contribution in [0.25, 0.3) is 28.3 Å². The highest BCUT2D eigenvalue weighted by atomic mass is 16.4. The first-order chi connectivity index (χ1) is 15.2. The van der Waals surface area contributed by atoms with Gasteiger partial charge in [0.25, 0.3) is 0 Å². The Kier molecular flexibility index (Phi) is 3.34. The smallest absolute Gasteiger partial charge is 0.398 e. The summed E-state index contributed by atoms with van der Waals surface area (Å²) in [6, 6.07) is 16.3.